The first-order valence-corrected chi connectivity index (χ1v) is 3.46. The molecule has 0 N–H and O–H groups in total. The van der Waals surface area contributed by atoms with Crippen molar-refractivity contribution < 1.29 is 9.21 Å². The zero-order valence-corrected chi connectivity index (χ0v) is 6.49. The summed E-state index contributed by atoms with van der Waals surface area (Å²) < 4.78 is 4.88. The van der Waals surface area contributed by atoms with Gasteiger partial charge in [-0.2, -0.15) is 0 Å². The predicted octanol–water partition coefficient (Wildman–Crippen LogP) is 0.910. The molecular formula is C8H11NO2. The molecule has 0 radical (unpaired) electrons. The van der Waals surface area contributed by atoms with Gasteiger partial charge in [-0.25, -0.2) is 0 Å². The van der Waals surface area contributed by atoms with Gasteiger partial charge in [-0.15, -0.1) is 0 Å². The Balaban J connectivity index is 2.37. The normalized spacial score (nSPS) is 10.4. The Hall–Kier alpha value is -1.09. The third-order valence-electron chi connectivity index (χ3n) is 1.42. The van der Waals surface area contributed by atoms with Crippen LogP contribution in [0.4, 0.5) is 0 Å². The van der Waals surface area contributed by atoms with E-state index in [4.69, 9.17) is 4.42 Å². The van der Waals surface area contributed by atoms with E-state index in [9.17, 15) is 4.79 Å². The maximum Gasteiger partial charge on any atom is 0.133 e. The number of carbonyl (C=O) groups excluding carboxylic acids is 1. The largest absolute Gasteiger partial charge is 0.472 e. The summed E-state index contributed by atoms with van der Waals surface area (Å²) in [6.45, 7) is 1.22. The van der Waals surface area contributed by atoms with Crippen LogP contribution in [0.2, 0.25) is 0 Å². The van der Waals surface area contributed by atoms with Crippen molar-refractivity contribution in [2.75, 3.05) is 13.6 Å². The average Bonchev–Trinajstić information content (AvgIpc) is 2.40. The number of furan rings is 1. The Kier molecular flexibility index (Phi) is 2.86. The molecule has 0 aromatic carbocycles. The van der Waals surface area contributed by atoms with E-state index in [1.54, 1.807) is 12.5 Å². The van der Waals surface area contributed by atoms with Crippen molar-refractivity contribution >= 4 is 6.29 Å². The summed E-state index contributed by atoms with van der Waals surface area (Å²) in [6.07, 6.45) is 4.20. The first-order valence-electron chi connectivity index (χ1n) is 3.46. The number of rotatable bonds is 4. The number of aldehydes is 1. The second-order valence-electron chi connectivity index (χ2n) is 2.50. The van der Waals surface area contributed by atoms with E-state index in [0.29, 0.717) is 6.54 Å². The zero-order chi connectivity index (χ0) is 8.10. The number of hydrogen-bond donors (Lipinski definition) is 0. The SMILES string of the molecule is CN(CC=O)Cc1ccoc1. The highest BCUT2D eigenvalue weighted by molar-refractivity contribution is 5.51. The number of carbonyl (C=O) groups is 1. The Bertz CT molecular complexity index is 206. The minimum Gasteiger partial charge on any atom is -0.472 e. The van der Waals surface area contributed by atoms with Gasteiger partial charge in [0, 0.05) is 12.1 Å². The molecular weight excluding hydrogens is 142 g/mol. The van der Waals surface area contributed by atoms with Gasteiger partial charge < -0.3 is 9.21 Å². The smallest absolute Gasteiger partial charge is 0.133 e. The van der Waals surface area contributed by atoms with Gasteiger partial charge in [0.05, 0.1) is 19.1 Å². The average molecular weight is 153 g/mol. The van der Waals surface area contributed by atoms with Crippen molar-refractivity contribution in [2.45, 2.75) is 6.54 Å². The molecule has 0 spiro atoms. The van der Waals surface area contributed by atoms with Gasteiger partial charge in [-0.3, -0.25) is 4.90 Å². The molecule has 0 saturated carbocycles. The van der Waals surface area contributed by atoms with Crippen LogP contribution in [0.3, 0.4) is 0 Å². The molecule has 0 fully saturated rings. The van der Waals surface area contributed by atoms with E-state index >= 15 is 0 Å². The molecule has 0 saturated heterocycles. The van der Waals surface area contributed by atoms with E-state index < -0.39 is 0 Å². The maximum absolute atomic E-state index is 10.1. The highest BCUT2D eigenvalue weighted by Crippen LogP contribution is 2.02. The third kappa shape index (κ3) is 2.55. The monoisotopic (exact) mass is 153 g/mol. The summed E-state index contributed by atoms with van der Waals surface area (Å²) in [4.78, 5) is 12.0. The van der Waals surface area contributed by atoms with Gasteiger partial charge in [0.2, 0.25) is 0 Å². The Morgan fingerprint density at radius 2 is 2.55 bits per heavy atom. The summed E-state index contributed by atoms with van der Waals surface area (Å²) in [5.41, 5.74) is 1.09. The van der Waals surface area contributed by atoms with Crippen molar-refractivity contribution in [2.24, 2.45) is 0 Å². The number of nitrogens with zero attached hydrogens (tertiary/aromatic N) is 1. The summed E-state index contributed by atoms with van der Waals surface area (Å²) in [5, 5.41) is 0. The number of likely N-dealkylation sites (N-methyl/N-ethyl adjacent to an activating group) is 1. The van der Waals surface area contributed by atoms with Crippen molar-refractivity contribution in [3.8, 4) is 0 Å². The first kappa shape index (κ1) is 8.01. The fraction of sp³-hybridized carbons (Fsp3) is 0.375. The van der Waals surface area contributed by atoms with Crippen molar-refractivity contribution in [1.29, 1.82) is 0 Å². The minimum atomic E-state index is 0.463. The van der Waals surface area contributed by atoms with Crippen LogP contribution in [-0.4, -0.2) is 24.8 Å². The van der Waals surface area contributed by atoms with E-state index in [1.165, 1.54) is 0 Å². The molecule has 0 aliphatic heterocycles. The van der Waals surface area contributed by atoms with Crippen LogP contribution in [-0.2, 0) is 11.3 Å². The van der Waals surface area contributed by atoms with Gasteiger partial charge in [-0.05, 0) is 13.1 Å². The molecule has 1 heterocycles. The lowest BCUT2D eigenvalue weighted by Crippen LogP contribution is -2.19. The zero-order valence-electron chi connectivity index (χ0n) is 6.49. The van der Waals surface area contributed by atoms with Gasteiger partial charge in [0.25, 0.3) is 0 Å². The van der Waals surface area contributed by atoms with Crippen molar-refractivity contribution in [3.63, 3.8) is 0 Å². The molecule has 0 amide bonds. The first-order chi connectivity index (χ1) is 5.33. The van der Waals surface area contributed by atoms with Crippen LogP contribution in [0.1, 0.15) is 5.56 Å². The second kappa shape index (κ2) is 3.93. The van der Waals surface area contributed by atoms with E-state index in [2.05, 4.69) is 0 Å². The second-order valence-corrected chi connectivity index (χ2v) is 2.50. The highest BCUT2D eigenvalue weighted by atomic mass is 16.3. The minimum absolute atomic E-state index is 0.463. The van der Waals surface area contributed by atoms with Crippen molar-refractivity contribution in [3.05, 3.63) is 24.2 Å². The molecule has 3 heteroatoms. The summed E-state index contributed by atoms with van der Waals surface area (Å²) >= 11 is 0. The Labute approximate surface area is 65.6 Å². The Morgan fingerprint density at radius 1 is 1.73 bits per heavy atom. The highest BCUT2D eigenvalue weighted by Gasteiger charge is 1.98. The quantitative estimate of drug-likeness (QED) is 0.603. The predicted molar refractivity (Wildman–Crippen MR) is 41.1 cm³/mol. The molecule has 0 bridgehead atoms. The molecule has 1 rings (SSSR count). The standard InChI is InChI=1S/C8H11NO2/c1-9(3-4-10)6-8-2-5-11-7-8/h2,4-5,7H,3,6H2,1H3. The molecule has 1 aromatic heterocycles. The molecule has 0 aliphatic rings. The summed E-state index contributed by atoms with van der Waals surface area (Å²) in [6, 6.07) is 1.89. The van der Waals surface area contributed by atoms with Gasteiger partial charge in [0.15, 0.2) is 0 Å². The van der Waals surface area contributed by atoms with Crippen LogP contribution < -0.4 is 0 Å². The van der Waals surface area contributed by atoms with Gasteiger partial charge in [-0.1, -0.05) is 0 Å². The van der Waals surface area contributed by atoms with E-state index in [0.717, 1.165) is 18.4 Å². The lowest BCUT2D eigenvalue weighted by atomic mass is 10.3. The summed E-state index contributed by atoms with van der Waals surface area (Å²) in [5.74, 6) is 0. The van der Waals surface area contributed by atoms with Crippen LogP contribution in [0, 0.1) is 0 Å². The van der Waals surface area contributed by atoms with Crippen LogP contribution in [0.5, 0.6) is 0 Å². The van der Waals surface area contributed by atoms with E-state index in [1.807, 2.05) is 18.0 Å². The molecule has 0 aliphatic carbocycles. The molecule has 11 heavy (non-hydrogen) atoms. The summed E-state index contributed by atoms with van der Waals surface area (Å²) in [7, 11) is 1.89. The van der Waals surface area contributed by atoms with Gasteiger partial charge in [0.1, 0.15) is 6.29 Å². The Morgan fingerprint density at radius 3 is 3.09 bits per heavy atom. The molecule has 0 unspecified atom stereocenters. The molecule has 3 nitrogen and oxygen atoms in total. The maximum atomic E-state index is 10.1. The van der Waals surface area contributed by atoms with Crippen LogP contribution in [0.15, 0.2) is 23.0 Å². The fourth-order valence-electron chi connectivity index (χ4n) is 0.886. The molecule has 0 atom stereocenters. The van der Waals surface area contributed by atoms with Crippen LogP contribution >= 0.6 is 0 Å². The van der Waals surface area contributed by atoms with E-state index in [-0.39, 0.29) is 0 Å². The van der Waals surface area contributed by atoms with Crippen LogP contribution in [0.25, 0.3) is 0 Å². The lowest BCUT2D eigenvalue weighted by Gasteiger charge is -2.10. The molecule has 1 aromatic rings. The lowest BCUT2D eigenvalue weighted by molar-refractivity contribution is -0.108. The third-order valence-corrected chi connectivity index (χ3v) is 1.42. The number of hydrogen-bond acceptors (Lipinski definition) is 3. The fourth-order valence-corrected chi connectivity index (χ4v) is 0.886. The van der Waals surface area contributed by atoms with Gasteiger partial charge >= 0.3 is 0 Å². The molecule has 60 valence electrons. The van der Waals surface area contributed by atoms with Crippen molar-refractivity contribution in [1.82, 2.24) is 4.90 Å². The topological polar surface area (TPSA) is 33.5 Å².